The van der Waals surface area contributed by atoms with Crippen LogP contribution in [-0.4, -0.2) is 4.92 Å². The second-order valence-corrected chi connectivity index (χ2v) is 3.24. The van der Waals surface area contributed by atoms with Gasteiger partial charge in [0.15, 0.2) is 0 Å². The summed E-state index contributed by atoms with van der Waals surface area (Å²) in [7, 11) is 0. The zero-order valence-electron chi connectivity index (χ0n) is 8.42. The van der Waals surface area contributed by atoms with E-state index in [1.54, 1.807) is 30.3 Å². The largest absolute Gasteiger partial charge is 0.459 e. The predicted molar refractivity (Wildman–Crippen MR) is 58.7 cm³/mol. The van der Waals surface area contributed by atoms with Gasteiger partial charge in [-0.3, -0.25) is 10.1 Å². The molecule has 0 saturated carbocycles. The van der Waals surface area contributed by atoms with Crippen LogP contribution in [0.4, 0.5) is 5.69 Å². The summed E-state index contributed by atoms with van der Waals surface area (Å²) in [6.07, 6.45) is 0. The molecule has 1 aromatic carbocycles. The lowest BCUT2D eigenvalue weighted by molar-refractivity contribution is -0.384. The van der Waals surface area contributed by atoms with Gasteiger partial charge < -0.3 is 10.2 Å². The fourth-order valence-corrected chi connectivity index (χ4v) is 1.47. The topological polar surface area (TPSA) is 82.3 Å². The van der Waals surface area contributed by atoms with Crippen molar-refractivity contribution in [2.45, 2.75) is 6.54 Å². The predicted octanol–water partition coefficient (Wildman–Crippen LogP) is 2.31. The molecule has 0 radical (unpaired) electrons. The molecule has 1 heterocycles. The van der Waals surface area contributed by atoms with Crippen molar-refractivity contribution in [1.29, 1.82) is 0 Å². The Morgan fingerprint density at radius 2 is 2.00 bits per heavy atom. The van der Waals surface area contributed by atoms with Gasteiger partial charge in [-0.2, -0.15) is 0 Å². The zero-order valence-corrected chi connectivity index (χ0v) is 8.42. The maximum Gasteiger partial charge on any atom is 0.280 e. The number of rotatable bonds is 3. The van der Waals surface area contributed by atoms with Gasteiger partial charge >= 0.3 is 0 Å². The highest BCUT2D eigenvalue weighted by molar-refractivity contribution is 5.69. The molecule has 0 atom stereocenters. The second kappa shape index (κ2) is 4.16. The number of furan rings is 1. The lowest BCUT2D eigenvalue weighted by atomic mass is 10.1. The molecule has 2 aromatic rings. The van der Waals surface area contributed by atoms with Crippen molar-refractivity contribution in [2.75, 3.05) is 0 Å². The van der Waals surface area contributed by atoms with Crippen LogP contribution in [0, 0.1) is 10.1 Å². The maximum absolute atomic E-state index is 10.8. The van der Waals surface area contributed by atoms with E-state index in [9.17, 15) is 10.1 Å². The fourth-order valence-electron chi connectivity index (χ4n) is 1.47. The Hall–Kier alpha value is -2.14. The molecule has 0 aliphatic carbocycles. The van der Waals surface area contributed by atoms with Crippen LogP contribution in [-0.2, 0) is 6.54 Å². The van der Waals surface area contributed by atoms with Crippen molar-refractivity contribution in [1.82, 2.24) is 0 Å². The van der Waals surface area contributed by atoms with E-state index >= 15 is 0 Å². The summed E-state index contributed by atoms with van der Waals surface area (Å²) in [5.41, 5.74) is 5.90. The van der Waals surface area contributed by atoms with E-state index in [4.69, 9.17) is 10.2 Å². The van der Waals surface area contributed by atoms with Crippen molar-refractivity contribution in [2.24, 2.45) is 5.73 Å². The molecule has 5 heteroatoms. The highest BCUT2D eigenvalue weighted by atomic mass is 16.6. The molecule has 0 bridgehead atoms. The smallest absolute Gasteiger partial charge is 0.280 e. The van der Waals surface area contributed by atoms with Crippen LogP contribution in [0.3, 0.4) is 0 Å². The Labute approximate surface area is 91.6 Å². The number of para-hydroxylation sites is 1. The normalized spacial score (nSPS) is 10.3. The number of benzene rings is 1. The van der Waals surface area contributed by atoms with E-state index in [-0.39, 0.29) is 12.2 Å². The third-order valence-corrected chi connectivity index (χ3v) is 2.23. The molecule has 0 spiro atoms. The van der Waals surface area contributed by atoms with Crippen LogP contribution in [0.5, 0.6) is 0 Å². The van der Waals surface area contributed by atoms with Gasteiger partial charge in [0, 0.05) is 6.07 Å². The number of nitro benzene ring substituents is 1. The molecule has 0 fully saturated rings. The lowest BCUT2D eigenvalue weighted by Crippen LogP contribution is -1.93. The third kappa shape index (κ3) is 1.80. The van der Waals surface area contributed by atoms with E-state index < -0.39 is 4.92 Å². The van der Waals surface area contributed by atoms with Gasteiger partial charge in [0.25, 0.3) is 5.69 Å². The molecule has 0 amide bonds. The minimum absolute atomic E-state index is 0.0282. The number of hydrogen-bond acceptors (Lipinski definition) is 4. The molecule has 0 saturated heterocycles. The van der Waals surface area contributed by atoms with Crippen molar-refractivity contribution in [3.8, 4) is 11.3 Å². The monoisotopic (exact) mass is 218 g/mol. The second-order valence-electron chi connectivity index (χ2n) is 3.24. The molecule has 82 valence electrons. The van der Waals surface area contributed by atoms with Gasteiger partial charge in [0.05, 0.1) is 17.0 Å². The highest BCUT2D eigenvalue weighted by Gasteiger charge is 2.16. The Morgan fingerprint density at radius 1 is 1.25 bits per heavy atom. The maximum atomic E-state index is 10.8. The standard InChI is InChI=1S/C11H10N2O3/c12-7-8-5-6-11(16-8)9-3-1-2-4-10(9)13(14)15/h1-6H,7,12H2. The molecule has 2 rings (SSSR count). The van der Waals surface area contributed by atoms with E-state index in [0.29, 0.717) is 17.1 Å². The summed E-state index contributed by atoms with van der Waals surface area (Å²) in [5.74, 6) is 1.07. The molecule has 0 unspecified atom stereocenters. The van der Waals surface area contributed by atoms with Gasteiger partial charge in [0.1, 0.15) is 11.5 Å². The minimum Gasteiger partial charge on any atom is -0.459 e. The Bertz CT molecular complexity index is 519. The van der Waals surface area contributed by atoms with Crippen molar-refractivity contribution >= 4 is 5.69 Å². The number of hydrogen-bond donors (Lipinski definition) is 1. The zero-order chi connectivity index (χ0) is 11.5. The summed E-state index contributed by atoms with van der Waals surface area (Å²) in [4.78, 5) is 10.4. The Balaban J connectivity index is 2.50. The van der Waals surface area contributed by atoms with Gasteiger partial charge in [-0.25, -0.2) is 0 Å². The van der Waals surface area contributed by atoms with Gasteiger partial charge in [-0.1, -0.05) is 12.1 Å². The summed E-state index contributed by atoms with van der Waals surface area (Å²) in [5, 5.41) is 10.8. The average molecular weight is 218 g/mol. The first-order valence-electron chi connectivity index (χ1n) is 4.75. The summed E-state index contributed by atoms with van der Waals surface area (Å²) in [6, 6.07) is 9.84. The van der Waals surface area contributed by atoms with Crippen LogP contribution < -0.4 is 5.73 Å². The molecule has 2 N–H and O–H groups in total. The van der Waals surface area contributed by atoms with Crippen LogP contribution in [0.25, 0.3) is 11.3 Å². The van der Waals surface area contributed by atoms with E-state index in [1.165, 1.54) is 6.07 Å². The van der Waals surface area contributed by atoms with Crippen molar-refractivity contribution < 1.29 is 9.34 Å². The first-order chi connectivity index (χ1) is 7.72. The van der Waals surface area contributed by atoms with Crippen LogP contribution in [0.15, 0.2) is 40.8 Å². The lowest BCUT2D eigenvalue weighted by Gasteiger charge is -1.98. The van der Waals surface area contributed by atoms with Crippen molar-refractivity contribution in [3.63, 3.8) is 0 Å². The number of nitro groups is 1. The Morgan fingerprint density at radius 3 is 2.62 bits per heavy atom. The minimum atomic E-state index is -0.431. The molecule has 5 nitrogen and oxygen atoms in total. The molecule has 0 aliphatic rings. The van der Waals surface area contributed by atoms with Crippen LogP contribution >= 0.6 is 0 Å². The molecular formula is C11H10N2O3. The molecule has 0 aliphatic heterocycles. The summed E-state index contributed by atoms with van der Waals surface area (Å²) in [6.45, 7) is 0.278. The molecule has 1 aromatic heterocycles. The first kappa shape index (κ1) is 10.4. The summed E-state index contributed by atoms with van der Waals surface area (Å²) >= 11 is 0. The van der Waals surface area contributed by atoms with E-state index in [0.717, 1.165) is 0 Å². The Kier molecular flexibility index (Phi) is 2.70. The average Bonchev–Trinajstić information content (AvgIpc) is 2.77. The van der Waals surface area contributed by atoms with Gasteiger partial charge in [-0.15, -0.1) is 0 Å². The van der Waals surface area contributed by atoms with Gasteiger partial charge in [-0.05, 0) is 18.2 Å². The SMILES string of the molecule is NCc1ccc(-c2ccccc2[N+](=O)[O-])o1. The fraction of sp³-hybridized carbons (Fsp3) is 0.0909. The van der Waals surface area contributed by atoms with E-state index in [1.807, 2.05) is 0 Å². The molecule has 16 heavy (non-hydrogen) atoms. The summed E-state index contributed by atoms with van der Waals surface area (Å²) < 4.78 is 5.38. The quantitative estimate of drug-likeness (QED) is 0.633. The first-order valence-corrected chi connectivity index (χ1v) is 4.75. The number of nitrogens with zero attached hydrogens (tertiary/aromatic N) is 1. The van der Waals surface area contributed by atoms with Crippen LogP contribution in [0.1, 0.15) is 5.76 Å². The number of nitrogens with two attached hydrogens (primary N) is 1. The molecular weight excluding hydrogens is 208 g/mol. The van der Waals surface area contributed by atoms with Gasteiger partial charge in [0.2, 0.25) is 0 Å². The van der Waals surface area contributed by atoms with E-state index in [2.05, 4.69) is 0 Å². The highest BCUT2D eigenvalue weighted by Crippen LogP contribution is 2.30. The third-order valence-electron chi connectivity index (χ3n) is 2.23. The van der Waals surface area contributed by atoms with Crippen LogP contribution in [0.2, 0.25) is 0 Å². The van der Waals surface area contributed by atoms with Crippen molar-refractivity contribution in [3.05, 3.63) is 52.3 Å².